The zero-order chi connectivity index (χ0) is 16.4. The van der Waals surface area contributed by atoms with Crippen LogP contribution >= 0.6 is 0 Å². The Morgan fingerprint density at radius 1 is 1.05 bits per heavy atom. The first kappa shape index (κ1) is 19.1. The van der Waals surface area contributed by atoms with Gasteiger partial charge in [-0.2, -0.15) is 0 Å². The molecule has 3 heteroatoms. The fraction of sp³-hybridized carbons (Fsp3) is 0.684. The minimum absolute atomic E-state index is 0.442. The molecule has 0 fully saturated rings. The highest BCUT2D eigenvalue weighted by molar-refractivity contribution is 5.24. The second kappa shape index (κ2) is 9.98. The maximum Gasteiger partial charge on any atom is 0.104 e. The van der Waals surface area contributed by atoms with Crippen molar-refractivity contribution >= 4 is 0 Å². The minimum Gasteiger partial charge on any atom is -0.390 e. The van der Waals surface area contributed by atoms with E-state index in [2.05, 4.69) is 43.4 Å². The van der Waals surface area contributed by atoms with Gasteiger partial charge in [0.2, 0.25) is 0 Å². The van der Waals surface area contributed by atoms with E-state index in [1.807, 2.05) is 0 Å². The Balaban J connectivity index is 2.58. The van der Waals surface area contributed by atoms with E-state index in [1.165, 1.54) is 11.1 Å². The highest BCUT2D eigenvalue weighted by atomic mass is 16.3. The van der Waals surface area contributed by atoms with Crippen LogP contribution in [-0.2, 0) is 12.8 Å². The fourth-order valence-corrected chi connectivity index (χ4v) is 3.07. The third-order valence-corrected chi connectivity index (χ3v) is 4.34. The summed E-state index contributed by atoms with van der Waals surface area (Å²) in [6.45, 7) is 4.27. The average molecular weight is 307 g/mol. The van der Waals surface area contributed by atoms with Gasteiger partial charge in [-0.15, -0.1) is 0 Å². The maximum atomic E-state index is 10.7. The summed E-state index contributed by atoms with van der Waals surface area (Å²) in [7, 11) is 1.77. The number of aliphatic hydroxyl groups excluding tert-OH is 1. The number of benzene rings is 1. The molecule has 0 spiro atoms. The third-order valence-electron chi connectivity index (χ3n) is 4.34. The molecule has 0 radical (unpaired) electrons. The van der Waals surface area contributed by atoms with Gasteiger partial charge in [0.15, 0.2) is 0 Å². The van der Waals surface area contributed by atoms with Gasteiger partial charge in [-0.3, -0.25) is 5.32 Å². The van der Waals surface area contributed by atoms with Crippen LogP contribution in [0.15, 0.2) is 24.3 Å². The normalized spacial score (nSPS) is 13.3. The summed E-state index contributed by atoms with van der Waals surface area (Å²) >= 11 is 0. The van der Waals surface area contributed by atoms with Crippen LogP contribution in [0.3, 0.4) is 0 Å². The summed E-state index contributed by atoms with van der Waals surface area (Å²) in [5.74, 6) is 0. The quantitative estimate of drug-likeness (QED) is 0.549. The van der Waals surface area contributed by atoms with Gasteiger partial charge in [0, 0.05) is 0 Å². The Labute approximate surface area is 135 Å². The average Bonchev–Trinajstić information content (AvgIpc) is 2.51. The summed E-state index contributed by atoms with van der Waals surface area (Å²) in [6.07, 6.45) is 6.71. The molecule has 0 heterocycles. The van der Waals surface area contributed by atoms with Crippen molar-refractivity contribution in [1.29, 1.82) is 0 Å². The number of aryl methyl sites for hydroxylation is 2. The van der Waals surface area contributed by atoms with Crippen molar-refractivity contribution in [2.75, 3.05) is 7.05 Å². The lowest BCUT2D eigenvalue weighted by molar-refractivity contribution is 0.0132. The van der Waals surface area contributed by atoms with Crippen LogP contribution in [0.1, 0.15) is 63.5 Å². The molecule has 0 saturated carbocycles. The standard InChI is InChI=1S/C19H33NO2/c1-4-12-19(22,13-5-2)14-11-17-8-6-7-16(15-17)9-10-18(21)20-3/h6-8,15,18,20-22H,4-5,9-14H2,1-3H3. The lowest BCUT2D eigenvalue weighted by Crippen LogP contribution is -2.29. The lowest BCUT2D eigenvalue weighted by atomic mass is 9.86. The molecule has 126 valence electrons. The first-order valence-corrected chi connectivity index (χ1v) is 8.68. The largest absolute Gasteiger partial charge is 0.390 e. The van der Waals surface area contributed by atoms with Crippen LogP contribution in [0.4, 0.5) is 0 Å². The van der Waals surface area contributed by atoms with Gasteiger partial charge in [-0.05, 0) is 56.7 Å². The topological polar surface area (TPSA) is 52.5 Å². The molecule has 1 aromatic carbocycles. The van der Waals surface area contributed by atoms with Crippen molar-refractivity contribution in [3.05, 3.63) is 35.4 Å². The fourth-order valence-electron chi connectivity index (χ4n) is 3.07. The molecular formula is C19H33NO2. The van der Waals surface area contributed by atoms with Gasteiger partial charge in [0.05, 0.1) is 5.60 Å². The Morgan fingerprint density at radius 3 is 2.18 bits per heavy atom. The molecule has 1 atom stereocenters. The Bertz CT molecular complexity index is 414. The van der Waals surface area contributed by atoms with Crippen molar-refractivity contribution in [2.45, 2.75) is 77.0 Å². The van der Waals surface area contributed by atoms with Crippen LogP contribution in [0, 0.1) is 0 Å². The van der Waals surface area contributed by atoms with Crippen LogP contribution in [0.25, 0.3) is 0 Å². The maximum absolute atomic E-state index is 10.7. The predicted octanol–water partition coefficient (Wildman–Crippen LogP) is 3.42. The van der Waals surface area contributed by atoms with E-state index in [4.69, 9.17) is 0 Å². The second-order valence-electron chi connectivity index (χ2n) is 6.39. The number of nitrogens with one attached hydrogen (secondary N) is 1. The summed E-state index contributed by atoms with van der Waals surface area (Å²) < 4.78 is 0. The van der Waals surface area contributed by atoms with Gasteiger partial charge in [0.1, 0.15) is 6.23 Å². The molecule has 3 N–H and O–H groups in total. The second-order valence-corrected chi connectivity index (χ2v) is 6.39. The smallest absolute Gasteiger partial charge is 0.104 e. The SMILES string of the molecule is CCCC(O)(CCC)CCc1cccc(CCC(O)NC)c1. The first-order valence-electron chi connectivity index (χ1n) is 8.68. The lowest BCUT2D eigenvalue weighted by Gasteiger charge is -2.27. The monoisotopic (exact) mass is 307 g/mol. The Kier molecular flexibility index (Phi) is 8.69. The van der Waals surface area contributed by atoms with E-state index in [0.29, 0.717) is 0 Å². The molecular weight excluding hydrogens is 274 g/mol. The van der Waals surface area contributed by atoms with Crippen molar-refractivity contribution in [3.8, 4) is 0 Å². The molecule has 1 rings (SSSR count). The predicted molar refractivity (Wildman–Crippen MR) is 92.9 cm³/mol. The van der Waals surface area contributed by atoms with Gasteiger partial charge >= 0.3 is 0 Å². The van der Waals surface area contributed by atoms with Crippen molar-refractivity contribution < 1.29 is 10.2 Å². The molecule has 0 aliphatic heterocycles. The summed E-state index contributed by atoms with van der Waals surface area (Å²) in [5.41, 5.74) is 2.02. The first-order chi connectivity index (χ1) is 10.5. The van der Waals surface area contributed by atoms with Crippen LogP contribution < -0.4 is 5.32 Å². The Morgan fingerprint density at radius 2 is 1.64 bits per heavy atom. The molecule has 0 aliphatic carbocycles. The zero-order valence-electron chi connectivity index (χ0n) is 14.4. The molecule has 3 nitrogen and oxygen atoms in total. The van der Waals surface area contributed by atoms with E-state index in [0.717, 1.165) is 51.4 Å². The molecule has 0 saturated heterocycles. The molecule has 0 amide bonds. The molecule has 1 unspecified atom stereocenters. The highest BCUT2D eigenvalue weighted by Gasteiger charge is 2.24. The number of hydrogen-bond acceptors (Lipinski definition) is 3. The molecule has 0 aromatic heterocycles. The van der Waals surface area contributed by atoms with Crippen molar-refractivity contribution in [3.63, 3.8) is 0 Å². The van der Waals surface area contributed by atoms with Gasteiger partial charge in [0.25, 0.3) is 0 Å². The molecule has 22 heavy (non-hydrogen) atoms. The zero-order valence-corrected chi connectivity index (χ0v) is 14.4. The minimum atomic E-state index is -0.512. The van der Waals surface area contributed by atoms with Gasteiger partial charge < -0.3 is 10.2 Å². The number of aliphatic hydroxyl groups is 2. The van der Waals surface area contributed by atoms with Crippen molar-refractivity contribution in [2.24, 2.45) is 0 Å². The van der Waals surface area contributed by atoms with E-state index in [1.54, 1.807) is 7.05 Å². The number of hydrogen-bond donors (Lipinski definition) is 3. The van der Waals surface area contributed by atoms with Crippen LogP contribution in [0.2, 0.25) is 0 Å². The van der Waals surface area contributed by atoms with Gasteiger partial charge in [-0.25, -0.2) is 0 Å². The molecule has 0 aliphatic rings. The van der Waals surface area contributed by atoms with Crippen LogP contribution in [-0.4, -0.2) is 29.1 Å². The third kappa shape index (κ3) is 6.91. The summed E-state index contributed by atoms with van der Waals surface area (Å²) in [4.78, 5) is 0. The Hall–Kier alpha value is -0.900. The summed E-state index contributed by atoms with van der Waals surface area (Å²) in [5, 5.41) is 23.1. The van der Waals surface area contributed by atoms with Crippen LogP contribution in [0.5, 0.6) is 0 Å². The van der Waals surface area contributed by atoms with E-state index in [9.17, 15) is 10.2 Å². The van der Waals surface area contributed by atoms with E-state index < -0.39 is 11.8 Å². The van der Waals surface area contributed by atoms with E-state index >= 15 is 0 Å². The van der Waals surface area contributed by atoms with E-state index in [-0.39, 0.29) is 0 Å². The highest BCUT2D eigenvalue weighted by Crippen LogP contribution is 2.25. The molecule has 0 bridgehead atoms. The van der Waals surface area contributed by atoms with Gasteiger partial charge in [-0.1, -0.05) is 51.0 Å². The summed E-state index contributed by atoms with van der Waals surface area (Å²) in [6, 6.07) is 8.53. The van der Waals surface area contributed by atoms with Crippen molar-refractivity contribution in [1.82, 2.24) is 5.32 Å². The molecule has 1 aromatic rings. The number of rotatable bonds is 11.